The fourth-order valence-corrected chi connectivity index (χ4v) is 17.4. The van der Waals surface area contributed by atoms with Gasteiger partial charge in [-0.25, -0.2) is 0 Å². The van der Waals surface area contributed by atoms with Crippen LogP contribution >= 0.6 is 11.8 Å². The number of hydrogen-bond acceptors (Lipinski definition) is 3. The van der Waals surface area contributed by atoms with E-state index in [0.717, 1.165) is 12.0 Å². The number of carbonyl (C=O) groups is 2. The summed E-state index contributed by atoms with van der Waals surface area (Å²) in [5.41, 5.74) is 4.63. The minimum absolute atomic E-state index is 0.0765. The summed E-state index contributed by atoms with van der Waals surface area (Å²) in [6.45, 7) is 0.140. The minimum atomic E-state index is -2.09. The third-order valence-electron chi connectivity index (χ3n) is 6.05. The van der Waals surface area contributed by atoms with Crippen molar-refractivity contribution in [3.8, 4) is 11.1 Å². The Hall–Kier alpha value is -2.44. The second kappa shape index (κ2) is 12.3. The van der Waals surface area contributed by atoms with Gasteiger partial charge in [0.1, 0.15) is 0 Å². The first kappa shape index (κ1) is 24.7. The first-order valence-corrected chi connectivity index (χ1v) is 18.7. The zero-order chi connectivity index (χ0) is 23.8. The molecule has 2 N–H and O–H groups in total. The monoisotopic (exact) mass is 573 g/mol. The van der Waals surface area contributed by atoms with Crippen molar-refractivity contribution >= 4 is 45.1 Å². The molecule has 3 aromatic carbocycles. The fourth-order valence-electron chi connectivity index (χ4n) is 4.28. The van der Waals surface area contributed by atoms with Crippen LogP contribution in [0, 0.1) is 0 Å². The van der Waals surface area contributed by atoms with Gasteiger partial charge in [0, 0.05) is 0 Å². The van der Waals surface area contributed by atoms with Gasteiger partial charge in [0.05, 0.1) is 0 Å². The molecule has 34 heavy (non-hydrogen) atoms. The molecule has 0 saturated heterocycles. The molecule has 1 amide bonds. The number of rotatable bonds is 10. The molecule has 1 aliphatic rings. The van der Waals surface area contributed by atoms with E-state index in [-0.39, 0.29) is 24.1 Å². The van der Waals surface area contributed by atoms with Crippen molar-refractivity contribution in [2.24, 2.45) is 0 Å². The summed E-state index contributed by atoms with van der Waals surface area (Å²) in [4.78, 5) is 24.2. The van der Waals surface area contributed by atoms with Gasteiger partial charge in [-0.3, -0.25) is 0 Å². The maximum absolute atomic E-state index is 13.2. The molecular weight excluding hydrogens is 545 g/mol. The summed E-state index contributed by atoms with van der Waals surface area (Å²) >= 11 is -0.346. The van der Waals surface area contributed by atoms with E-state index in [4.69, 9.17) is 5.11 Å². The summed E-state index contributed by atoms with van der Waals surface area (Å²) < 4.78 is 4.07. The molecular formula is C28H28InNO3S. The van der Waals surface area contributed by atoms with Crippen molar-refractivity contribution in [2.75, 3.05) is 6.54 Å². The van der Waals surface area contributed by atoms with Crippen LogP contribution in [-0.4, -0.2) is 45.0 Å². The molecule has 0 radical (unpaired) electrons. The van der Waals surface area contributed by atoms with Crippen LogP contribution in [0.1, 0.15) is 32.2 Å². The molecule has 1 aliphatic heterocycles. The van der Waals surface area contributed by atoms with Crippen LogP contribution in [0.15, 0.2) is 94.8 Å². The normalized spacial score (nSPS) is 14.5. The van der Waals surface area contributed by atoms with Crippen LogP contribution in [0.25, 0.3) is 11.1 Å². The Morgan fingerprint density at radius 1 is 0.882 bits per heavy atom. The Morgan fingerprint density at radius 2 is 1.53 bits per heavy atom. The average Bonchev–Trinajstić information content (AvgIpc) is 3.40. The number of thioether (sulfide) groups is 1. The number of carboxylic acid groups (broad SMARTS) is 1. The summed E-state index contributed by atoms with van der Waals surface area (Å²) in [7, 11) is 0. The Kier molecular flexibility index (Phi) is 8.94. The Bertz CT molecular complexity index is 1120. The van der Waals surface area contributed by atoms with Gasteiger partial charge in [0.2, 0.25) is 0 Å². The number of carboxylic acids is 1. The molecule has 0 spiro atoms. The molecule has 3 aromatic rings. The number of allylic oxidation sites excluding steroid dienone is 1. The van der Waals surface area contributed by atoms with Crippen LogP contribution in [0.5, 0.6) is 0 Å². The Morgan fingerprint density at radius 3 is 2.15 bits per heavy atom. The quantitative estimate of drug-likeness (QED) is 0.313. The van der Waals surface area contributed by atoms with Crippen LogP contribution in [-0.2, 0) is 9.59 Å². The molecule has 4 nitrogen and oxygen atoms in total. The van der Waals surface area contributed by atoms with Gasteiger partial charge in [-0.05, 0) is 0 Å². The van der Waals surface area contributed by atoms with Gasteiger partial charge in [-0.1, -0.05) is 0 Å². The zero-order valence-corrected chi connectivity index (χ0v) is 23.1. The number of carbonyl (C=O) groups excluding carboxylic acids is 1. The summed E-state index contributed by atoms with van der Waals surface area (Å²) in [6, 6.07) is 29.0. The predicted octanol–water partition coefficient (Wildman–Crippen LogP) is 5.99. The van der Waals surface area contributed by atoms with E-state index in [2.05, 4.69) is 63.8 Å². The van der Waals surface area contributed by atoms with Crippen molar-refractivity contribution in [1.82, 2.24) is 5.32 Å². The summed E-state index contributed by atoms with van der Waals surface area (Å²) in [5, 5.41) is 11.4. The van der Waals surface area contributed by atoms with E-state index in [0.29, 0.717) is 3.01 Å². The molecule has 0 saturated carbocycles. The van der Waals surface area contributed by atoms with E-state index < -0.39 is 27.4 Å². The molecule has 0 unspecified atom stereocenters. The van der Waals surface area contributed by atoms with Crippen molar-refractivity contribution in [3.05, 3.63) is 106 Å². The molecule has 0 fully saturated rings. The van der Waals surface area contributed by atoms with Crippen molar-refractivity contribution in [3.63, 3.8) is 0 Å². The molecule has 6 heteroatoms. The Balaban J connectivity index is 1.60. The van der Waals surface area contributed by atoms with Gasteiger partial charge < -0.3 is 0 Å². The number of benzene rings is 3. The van der Waals surface area contributed by atoms with Crippen molar-refractivity contribution in [2.45, 2.75) is 25.3 Å². The van der Waals surface area contributed by atoms with Gasteiger partial charge >= 0.3 is 214 Å². The van der Waals surface area contributed by atoms with E-state index in [1.807, 2.05) is 36.4 Å². The van der Waals surface area contributed by atoms with Crippen LogP contribution in [0.2, 0.25) is 4.18 Å². The topological polar surface area (TPSA) is 66.4 Å². The molecule has 0 bridgehead atoms. The van der Waals surface area contributed by atoms with Crippen molar-refractivity contribution < 1.29 is 14.7 Å². The first-order chi connectivity index (χ1) is 16.6. The molecule has 2 atom stereocenters. The van der Waals surface area contributed by atoms with E-state index in [1.54, 1.807) is 11.8 Å². The third kappa shape index (κ3) is 6.57. The van der Waals surface area contributed by atoms with Crippen molar-refractivity contribution in [1.29, 1.82) is 0 Å². The van der Waals surface area contributed by atoms with E-state index in [1.165, 1.54) is 20.9 Å². The third-order valence-corrected chi connectivity index (χ3v) is 19.4. The SMILES string of the molecule is O=C(O)CCNC(=O)[C@H](S[C@@H](c1ccc(-c2ccccc2)cc1)[In]1[CH]=CC[CH2]1)c1ccccc1. The van der Waals surface area contributed by atoms with Gasteiger partial charge in [0.25, 0.3) is 0 Å². The zero-order valence-electron chi connectivity index (χ0n) is 19.0. The second-order valence-electron chi connectivity index (χ2n) is 8.44. The van der Waals surface area contributed by atoms with E-state index >= 15 is 0 Å². The van der Waals surface area contributed by atoms with Gasteiger partial charge in [-0.2, -0.15) is 0 Å². The standard InChI is InChI=1S/C24H22NO3S.C4H6.In/c26-22(27)15-16-25-24(28)23(21-9-5-2-6-10-21)29-17-18-11-13-20(14-12-18)19-7-3-1-4-8-19;1-3-4-2;/h1-14,17,23H,15-16H2,(H,25,28)(H,26,27);1,3H,2,4H2;/t23-;;/m1../s1. The average molecular weight is 573 g/mol. The van der Waals surface area contributed by atoms with Crippen LogP contribution in [0.4, 0.5) is 0 Å². The number of hydrogen-bond donors (Lipinski definition) is 2. The fraction of sp³-hybridized carbons (Fsp3) is 0.214. The van der Waals surface area contributed by atoms with Gasteiger partial charge in [0.15, 0.2) is 0 Å². The molecule has 1 heterocycles. The molecule has 0 aliphatic carbocycles. The molecule has 172 valence electrons. The predicted molar refractivity (Wildman–Crippen MR) is 141 cm³/mol. The summed E-state index contributed by atoms with van der Waals surface area (Å²) in [6.07, 6.45) is 3.38. The van der Waals surface area contributed by atoms with Crippen LogP contribution in [0.3, 0.4) is 0 Å². The summed E-state index contributed by atoms with van der Waals surface area (Å²) in [5.74, 6) is -1.02. The number of nitrogens with one attached hydrogen (secondary N) is 1. The first-order valence-electron chi connectivity index (χ1n) is 11.6. The molecule has 4 rings (SSSR count). The number of amides is 1. The van der Waals surface area contributed by atoms with E-state index in [9.17, 15) is 9.59 Å². The second-order valence-corrected chi connectivity index (χ2v) is 19.5. The maximum atomic E-state index is 13.2. The number of aliphatic carboxylic acids is 1. The van der Waals surface area contributed by atoms with Crippen LogP contribution < -0.4 is 5.32 Å². The Labute approximate surface area is 213 Å². The van der Waals surface area contributed by atoms with Gasteiger partial charge in [-0.15, -0.1) is 0 Å². The molecule has 0 aromatic heterocycles.